The van der Waals surface area contributed by atoms with E-state index >= 15 is 0 Å². The van der Waals surface area contributed by atoms with Crippen molar-refractivity contribution in [3.63, 3.8) is 0 Å². The fourth-order valence-corrected chi connectivity index (χ4v) is 1.33. The third kappa shape index (κ3) is 4.59. The summed E-state index contributed by atoms with van der Waals surface area (Å²) in [5, 5.41) is 2.12. The van der Waals surface area contributed by atoms with Crippen LogP contribution >= 0.6 is 0 Å². The summed E-state index contributed by atoms with van der Waals surface area (Å²) in [6.45, 7) is 0. The van der Waals surface area contributed by atoms with Crippen molar-refractivity contribution in [2.45, 2.75) is 19.3 Å². The number of imide groups is 1. The van der Waals surface area contributed by atoms with Gasteiger partial charge in [-0.2, -0.15) is 0 Å². The van der Waals surface area contributed by atoms with Gasteiger partial charge in [0.25, 0.3) is 0 Å². The second-order valence-corrected chi connectivity index (χ2v) is 3.38. The predicted octanol–water partition coefficient (Wildman–Crippen LogP) is 1.89. The zero-order valence-electron chi connectivity index (χ0n) is 9.23. The molecule has 0 aromatic heterocycles. The van der Waals surface area contributed by atoms with Gasteiger partial charge in [0.05, 0.1) is 7.11 Å². The molecule has 0 fully saturated rings. The van der Waals surface area contributed by atoms with E-state index in [9.17, 15) is 9.59 Å². The molecule has 4 nitrogen and oxygen atoms in total. The van der Waals surface area contributed by atoms with Crippen LogP contribution in [0.5, 0.6) is 0 Å². The van der Waals surface area contributed by atoms with Gasteiger partial charge in [0, 0.05) is 6.42 Å². The Morgan fingerprint density at radius 2 is 1.94 bits per heavy atom. The quantitative estimate of drug-likeness (QED) is 0.844. The first-order chi connectivity index (χ1) is 7.72. The average Bonchev–Trinajstić information content (AvgIpc) is 2.30. The van der Waals surface area contributed by atoms with Crippen LogP contribution in [0.4, 0.5) is 4.79 Å². The van der Waals surface area contributed by atoms with Gasteiger partial charge in [0.1, 0.15) is 0 Å². The first-order valence-electron chi connectivity index (χ1n) is 5.14. The number of methoxy groups -OCH3 is 1. The van der Waals surface area contributed by atoms with Crippen LogP contribution in [0.25, 0.3) is 0 Å². The van der Waals surface area contributed by atoms with E-state index in [2.05, 4.69) is 10.1 Å². The molecule has 0 radical (unpaired) electrons. The van der Waals surface area contributed by atoms with E-state index in [4.69, 9.17) is 0 Å². The minimum atomic E-state index is -0.704. The number of carbonyl (C=O) groups excluding carboxylic acids is 2. The second kappa shape index (κ2) is 6.61. The second-order valence-electron chi connectivity index (χ2n) is 3.38. The van der Waals surface area contributed by atoms with Crippen molar-refractivity contribution in [2.24, 2.45) is 0 Å². The van der Waals surface area contributed by atoms with Crippen LogP contribution in [0.1, 0.15) is 18.4 Å². The van der Waals surface area contributed by atoms with Crippen molar-refractivity contribution in [1.82, 2.24) is 5.32 Å². The molecule has 0 unspecified atom stereocenters. The van der Waals surface area contributed by atoms with Gasteiger partial charge in [-0.1, -0.05) is 30.3 Å². The Kier molecular flexibility index (Phi) is 5.05. The Labute approximate surface area is 94.6 Å². The minimum Gasteiger partial charge on any atom is -0.453 e. The molecule has 0 atom stereocenters. The summed E-state index contributed by atoms with van der Waals surface area (Å²) in [6.07, 6.45) is 1.16. The van der Waals surface area contributed by atoms with Gasteiger partial charge in [-0.3, -0.25) is 10.1 Å². The Hall–Kier alpha value is -1.84. The molecule has 0 bridgehead atoms. The topological polar surface area (TPSA) is 55.4 Å². The lowest BCUT2D eigenvalue weighted by molar-refractivity contribution is -0.120. The number of aryl methyl sites for hydroxylation is 1. The van der Waals surface area contributed by atoms with E-state index in [-0.39, 0.29) is 5.91 Å². The van der Waals surface area contributed by atoms with Crippen molar-refractivity contribution >= 4 is 12.0 Å². The first kappa shape index (κ1) is 12.2. The summed E-state index contributed by atoms with van der Waals surface area (Å²) in [7, 11) is 1.23. The molecule has 0 aliphatic heterocycles. The van der Waals surface area contributed by atoms with Crippen molar-refractivity contribution in [1.29, 1.82) is 0 Å². The van der Waals surface area contributed by atoms with Crippen LogP contribution in [0, 0.1) is 0 Å². The fraction of sp³-hybridized carbons (Fsp3) is 0.333. The molecular weight excluding hydrogens is 206 g/mol. The Balaban J connectivity index is 2.21. The molecule has 1 N–H and O–H groups in total. The van der Waals surface area contributed by atoms with Crippen LogP contribution in [-0.2, 0) is 16.0 Å². The lowest BCUT2D eigenvalue weighted by Gasteiger charge is -2.02. The molecule has 0 saturated heterocycles. The number of alkyl carbamates (subject to hydrolysis) is 1. The highest BCUT2D eigenvalue weighted by Gasteiger charge is 2.06. The third-order valence-corrected chi connectivity index (χ3v) is 2.14. The van der Waals surface area contributed by atoms with E-state index in [0.29, 0.717) is 12.8 Å². The third-order valence-electron chi connectivity index (χ3n) is 2.14. The molecule has 16 heavy (non-hydrogen) atoms. The number of rotatable bonds is 4. The lowest BCUT2D eigenvalue weighted by atomic mass is 10.1. The zero-order chi connectivity index (χ0) is 11.8. The van der Waals surface area contributed by atoms with Gasteiger partial charge < -0.3 is 4.74 Å². The maximum absolute atomic E-state index is 11.2. The van der Waals surface area contributed by atoms with Gasteiger partial charge in [0.15, 0.2) is 0 Å². The molecule has 0 aliphatic carbocycles. The van der Waals surface area contributed by atoms with Crippen LogP contribution < -0.4 is 5.32 Å². The molecular formula is C12H15NO3. The molecule has 0 aliphatic rings. The summed E-state index contributed by atoms with van der Waals surface area (Å²) in [5.74, 6) is -0.303. The fourth-order valence-electron chi connectivity index (χ4n) is 1.33. The average molecular weight is 221 g/mol. The van der Waals surface area contributed by atoms with Gasteiger partial charge >= 0.3 is 6.09 Å². The van der Waals surface area contributed by atoms with Gasteiger partial charge in [-0.05, 0) is 18.4 Å². The van der Waals surface area contributed by atoms with Crippen molar-refractivity contribution in [3.05, 3.63) is 35.9 Å². The Morgan fingerprint density at radius 3 is 2.56 bits per heavy atom. The zero-order valence-corrected chi connectivity index (χ0v) is 9.23. The van der Waals surface area contributed by atoms with Crippen LogP contribution in [0.3, 0.4) is 0 Å². The number of ether oxygens (including phenoxy) is 1. The molecule has 1 aromatic rings. The molecule has 1 aromatic carbocycles. The maximum Gasteiger partial charge on any atom is 0.413 e. The maximum atomic E-state index is 11.2. The van der Waals surface area contributed by atoms with Gasteiger partial charge in [-0.15, -0.1) is 0 Å². The number of hydrogen-bond donors (Lipinski definition) is 1. The summed E-state index contributed by atoms with van der Waals surface area (Å²) in [6, 6.07) is 9.90. The lowest BCUT2D eigenvalue weighted by Crippen LogP contribution is -2.29. The summed E-state index contributed by atoms with van der Waals surface area (Å²) in [5.41, 5.74) is 1.19. The van der Waals surface area contributed by atoms with Crippen LogP contribution in [-0.4, -0.2) is 19.1 Å². The molecule has 0 spiro atoms. The molecule has 0 saturated carbocycles. The molecule has 1 rings (SSSR count). The molecule has 0 heterocycles. The first-order valence-corrected chi connectivity index (χ1v) is 5.14. The largest absolute Gasteiger partial charge is 0.453 e. The highest BCUT2D eigenvalue weighted by Crippen LogP contribution is 2.04. The number of nitrogens with one attached hydrogen (secondary N) is 1. The Morgan fingerprint density at radius 1 is 1.25 bits per heavy atom. The van der Waals surface area contributed by atoms with Crippen molar-refractivity contribution < 1.29 is 14.3 Å². The van der Waals surface area contributed by atoms with Crippen molar-refractivity contribution in [2.75, 3.05) is 7.11 Å². The highest BCUT2D eigenvalue weighted by atomic mass is 16.5. The summed E-state index contributed by atoms with van der Waals surface area (Å²) < 4.78 is 4.31. The highest BCUT2D eigenvalue weighted by molar-refractivity contribution is 5.91. The normalized spacial score (nSPS) is 9.56. The number of carbonyl (C=O) groups is 2. The predicted molar refractivity (Wildman–Crippen MR) is 59.9 cm³/mol. The van der Waals surface area contributed by atoms with Gasteiger partial charge in [-0.25, -0.2) is 4.79 Å². The monoisotopic (exact) mass is 221 g/mol. The van der Waals surface area contributed by atoms with Crippen LogP contribution in [0.2, 0.25) is 0 Å². The van der Waals surface area contributed by atoms with E-state index in [1.54, 1.807) is 0 Å². The summed E-state index contributed by atoms with van der Waals surface area (Å²) >= 11 is 0. The minimum absolute atomic E-state index is 0.303. The number of amides is 2. The van der Waals surface area contributed by atoms with E-state index in [1.807, 2.05) is 30.3 Å². The van der Waals surface area contributed by atoms with Crippen LogP contribution in [0.15, 0.2) is 30.3 Å². The SMILES string of the molecule is COC(=O)NC(=O)CCCc1ccccc1. The molecule has 2 amide bonds. The summed E-state index contributed by atoms with van der Waals surface area (Å²) in [4.78, 5) is 21.9. The van der Waals surface area contributed by atoms with E-state index in [0.717, 1.165) is 6.42 Å². The standard InChI is InChI=1S/C12H15NO3/c1-16-12(15)13-11(14)9-5-8-10-6-3-2-4-7-10/h2-4,6-7H,5,8-9H2,1H3,(H,13,14,15). The smallest absolute Gasteiger partial charge is 0.413 e. The molecule has 4 heteroatoms. The molecule has 86 valence electrons. The van der Waals surface area contributed by atoms with E-state index < -0.39 is 6.09 Å². The van der Waals surface area contributed by atoms with Crippen molar-refractivity contribution in [3.8, 4) is 0 Å². The van der Waals surface area contributed by atoms with E-state index in [1.165, 1.54) is 12.7 Å². The van der Waals surface area contributed by atoms with Gasteiger partial charge in [0.2, 0.25) is 5.91 Å². The number of hydrogen-bond acceptors (Lipinski definition) is 3. The number of benzene rings is 1. The Bertz CT molecular complexity index is 349.